The number of aromatic carboxylic acids is 1. The van der Waals surface area contributed by atoms with Crippen LogP contribution in [0.3, 0.4) is 0 Å². The third-order valence-corrected chi connectivity index (χ3v) is 3.81. The van der Waals surface area contributed by atoms with E-state index in [0.29, 0.717) is 11.1 Å². The molecule has 1 aromatic heterocycles. The Labute approximate surface area is 134 Å². The summed E-state index contributed by atoms with van der Waals surface area (Å²) >= 11 is 5.19. The van der Waals surface area contributed by atoms with E-state index in [0.717, 1.165) is 6.07 Å². The van der Waals surface area contributed by atoms with Crippen molar-refractivity contribution in [3.05, 3.63) is 74.5 Å². The van der Waals surface area contributed by atoms with E-state index in [1.165, 1.54) is 28.8 Å². The van der Waals surface area contributed by atoms with Crippen LogP contribution < -0.4 is 5.56 Å². The quantitative estimate of drug-likeness (QED) is 0.724. The molecule has 2 aromatic carbocycles. The Balaban J connectivity index is 2.07. The van der Waals surface area contributed by atoms with Crippen molar-refractivity contribution in [2.75, 3.05) is 0 Å². The molecular weight excluding hydrogens is 319 g/mol. The topological polar surface area (TPSA) is 75.1 Å². The zero-order valence-electron chi connectivity index (χ0n) is 11.7. The molecule has 23 heavy (non-hydrogen) atoms. The van der Waals surface area contributed by atoms with Gasteiger partial charge in [-0.25, -0.2) is 9.18 Å². The van der Waals surface area contributed by atoms with Crippen LogP contribution in [-0.2, 0) is 6.54 Å². The number of hydrogen-bond acceptors (Lipinski definition) is 3. The molecule has 0 saturated carbocycles. The highest BCUT2D eigenvalue weighted by molar-refractivity contribution is 7.71. The number of nitrogens with zero attached hydrogens (tertiary/aromatic N) is 1. The van der Waals surface area contributed by atoms with Gasteiger partial charge in [0.15, 0.2) is 4.77 Å². The molecular formula is C16H11FN2O3S. The van der Waals surface area contributed by atoms with Crippen LogP contribution in [-0.4, -0.2) is 20.6 Å². The van der Waals surface area contributed by atoms with E-state index in [1.54, 1.807) is 12.1 Å². The maximum atomic E-state index is 13.4. The number of halogens is 1. The fourth-order valence-corrected chi connectivity index (χ4v) is 2.56. The van der Waals surface area contributed by atoms with Crippen molar-refractivity contribution in [3.8, 4) is 0 Å². The van der Waals surface area contributed by atoms with Crippen LogP contribution in [0.15, 0.2) is 47.3 Å². The van der Waals surface area contributed by atoms with Crippen LogP contribution in [0.2, 0.25) is 0 Å². The summed E-state index contributed by atoms with van der Waals surface area (Å²) < 4.78 is 14.9. The number of carboxylic acid groups (broad SMARTS) is 1. The lowest BCUT2D eigenvalue weighted by Crippen LogP contribution is -2.23. The van der Waals surface area contributed by atoms with Gasteiger partial charge >= 0.3 is 5.97 Å². The summed E-state index contributed by atoms with van der Waals surface area (Å²) in [6, 6.07) is 10.0. The number of H-pyrrole nitrogens is 1. The lowest BCUT2D eigenvalue weighted by Gasteiger charge is -2.08. The molecule has 5 nitrogen and oxygen atoms in total. The maximum Gasteiger partial charge on any atom is 0.335 e. The first-order valence-corrected chi connectivity index (χ1v) is 7.11. The van der Waals surface area contributed by atoms with Crippen molar-refractivity contribution < 1.29 is 14.3 Å². The van der Waals surface area contributed by atoms with Gasteiger partial charge in [0.25, 0.3) is 5.56 Å². The van der Waals surface area contributed by atoms with Gasteiger partial charge in [0, 0.05) is 0 Å². The Morgan fingerprint density at radius 3 is 2.57 bits per heavy atom. The molecule has 0 unspecified atom stereocenters. The normalized spacial score (nSPS) is 10.8. The average Bonchev–Trinajstić information content (AvgIpc) is 2.53. The Kier molecular flexibility index (Phi) is 3.79. The standard InChI is InChI=1S/C16H11FN2O3S/c17-11-5-6-13-12(7-11)14(20)19(16(23)18-13)8-9-1-3-10(4-2-9)15(21)22/h1-7H,8H2,(H,18,23)(H,21,22). The van der Waals surface area contributed by atoms with Crippen molar-refractivity contribution in [2.45, 2.75) is 6.54 Å². The first-order valence-electron chi connectivity index (χ1n) is 6.70. The second-order valence-corrected chi connectivity index (χ2v) is 5.40. The summed E-state index contributed by atoms with van der Waals surface area (Å²) in [6.07, 6.45) is 0. The van der Waals surface area contributed by atoms with Crippen molar-refractivity contribution in [1.29, 1.82) is 0 Å². The van der Waals surface area contributed by atoms with Gasteiger partial charge in [-0.05, 0) is 48.1 Å². The molecule has 0 aliphatic heterocycles. The Morgan fingerprint density at radius 2 is 1.91 bits per heavy atom. The Bertz CT molecular complexity index is 1020. The number of rotatable bonds is 3. The summed E-state index contributed by atoms with van der Waals surface area (Å²) in [5.41, 5.74) is 0.948. The fourth-order valence-electron chi connectivity index (χ4n) is 2.30. The van der Waals surface area contributed by atoms with Crippen LogP contribution in [0, 0.1) is 10.6 Å². The molecule has 0 bridgehead atoms. The average molecular weight is 330 g/mol. The second-order valence-electron chi connectivity index (χ2n) is 5.01. The van der Waals surface area contributed by atoms with E-state index < -0.39 is 17.3 Å². The van der Waals surface area contributed by atoms with Crippen LogP contribution >= 0.6 is 12.2 Å². The van der Waals surface area contributed by atoms with Gasteiger partial charge in [0.2, 0.25) is 0 Å². The van der Waals surface area contributed by atoms with Gasteiger partial charge < -0.3 is 10.1 Å². The van der Waals surface area contributed by atoms with Crippen molar-refractivity contribution in [1.82, 2.24) is 9.55 Å². The SMILES string of the molecule is O=C(O)c1ccc(Cn2c(=S)[nH]c3ccc(F)cc3c2=O)cc1. The minimum atomic E-state index is -1.02. The van der Waals surface area contributed by atoms with Crippen molar-refractivity contribution >= 4 is 29.1 Å². The Hall–Kier alpha value is -2.80. The molecule has 1 heterocycles. The molecule has 116 valence electrons. The second kappa shape index (κ2) is 5.77. The van der Waals surface area contributed by atoms with E-state index >= 15 is 0 Å². The van der Waals surface area contributed by atoms with Gasteiger partial charge in [0.1, 0.15) is 5.82 Å². The third-order valence-electron chi connectivity index (χ3n) is 3.49. The minimum absolute atomic E-state index is 0.159. The number of fused-ring (bicyclic) bond motifs is 1. The van der Waals surface area contributed by atoms with Crippen LogP contribution in [0.5, 0.6) is 0 Å². The lowest BCUT2D eigenvalue weighted by molar-refractivity contribution is 0.0697. The molecule has 7 heteroatoms. The monoisotopic (exact) mass is 330 g/mol. The number of aromatic nitrogens is 2. The summed E-state index contributed by atoms with van der Waals surface area (Å²) in [7, 11) is 0. The largest absolute Gasteiger partial charge is 0.478 e. The summed E-state index contributed by atoms with van der Waals surface area (Å²) in [5.74, 6) is -1.52. The Morgan fingerprint density at radius 1 is 1.22 bits per heavy atom. The van der Waals surface area contributed by atoms with E-state index in [4.69, 9.17) is 17.3 Å². The number of hydrogen-bond donors (Lipinski definition) is 2. The molecule has 0 aliphatic rings. The zero-order chi connectivity index (χ0) is 16.6. The smallest absolute Gasteiger partial charge is 0.335 e. The van der Waals surface area contributed by atoms with E-state index in [9.17, 15) is 14.0 Å². The fraction of sp³-hybridized carbons (Fsp3) is 0.0625. The third kappa shape index (κ3) is 2.91. The molecule has 0 fully saturated rings. The summed E-state index contributed by atoms with van der Waals surface area (Å²) in [4.78, 5) is 26.2. The van der Waals surface area contributed by atoms with Crippen molar-refractivity contribution in [3.63, 3.8) is 0 Å². The molecule has 0 radical (unpaired) electrons. The molecule has 0 amide bonds. The predicted molar refractivity (Wildman–Crippen MR) is 85.9 cm³/mol. The van der Waals surface area contributed by atoms with E-state index in [2.05, 4.69) is 4.98 Å². The molecule has 0 atom stereocenters. The van der Waals surface area contributed by atoms with Gasteiger partial charge in [0.05, 0.1) is 23.0 Å². The van der Waals surface area contributed by atoms with Gasteiger partial charge in [-0.3, -0.25) is 9.36 Å². The van der Waals surface area contributed by atoms with Crippen LogP contribution in [0.1, 0.15) is 15.9 Å². The number of aromatic amines is 1. The zero-order valence-corrected chi connectivity index (χ0v) is 12.6. The molecule has 0 spiro atoms. The number of benzene rings is 2. The minimum Gasteiger partial charge on any atom is -0.478 e. The molecule has 0 aliphatic carbocycles. The number of carbonyl (C=O) groups is 1. The van der Waals surface area contributed by atoms with Gasteiger partial charge in [-0.2, -0.15) is 0 Å². The molecule has 3 rings (SSSR count). The van der Waals surface area contributed by atoms with Gasteiger partial charge in [-0.15, -0.1) is 0 Å². The molecule has 0 saturated heterocycles. The number of nitrogens with one attached hydrogen (secondary N) is 1. The van der Waals surface area contributed by atoms with Crippen molar-refractivity contribution in [2.24, 2.45) is 0 Å². The highest BCUT2D eigenvalue weighted by atomic mass is 32.1. The molecule has 3 aromatic rings. The maximum absolute atomic E-state index is 13.4. The summed E-state index contributed by atoms with van der Waals surface area (Å²) in [5, 5.41) is 9.09. The summed E-state index contributed by atoms with van der Waals surface area (Å²) in [6.45, 7) is 0.167. The highest BCUT2D eigenvalue weighted by Gasteiger charge is 2.08. The van der Waals surface area contributed by atoms with Crippen LogP contribution in [0.4, 0.5) is 4.39 Å². The van der Waals surface area contributed by atoms with Gasteiger partial charge in [-0.1, -0.05) is 12.1 Å². The predicted octanol–water partition coefficient (Wildman–Crippen LogP) is 2.94. The van der Waals surface area contributed by atoms with E-state index in [1.807, 2.05) is 0 Å². The first kappa shape index (κ1) is 15.1. The van der Waals surface area contributed by atoms with Crippen LogP contribution in [0.25, 0.3) is 10.9 Å². The lowest BCUT2D eigenvalue weighted by atomic mass is 10.1. The highest BCUT2D eigenvalue weighted by Crippen LogP contribution is 2.11. The van der Waals surface area contributed by atoms with E-state index in [-0.39, 0.29) is 22.3 Å². The first-order chi connectivity index (χ1) is 11.0. The molecule has 2 N–H and O–H groups in total. The number of carboxylic acids is 1.